The van der Waals surface area contributed by atoms with Crippen LogP contribution in [0.3, 0.4) is 0 Å². The molecule has 1 amide bonds. The second-order valence-electron chi connectivity index (χ2n) is 8.61. The summed E-state index contributed by atoms with van der Waals surface area (Å²) in [6, 6.07) is 10.3. The number of carbonyl (C=O) groups is 1. The van der Waals surface area contributed by atoms with Gasteiger partial charge in [-0.1, -0.05) is 43.2 Å². The van der Waals surface area contributed by atoms with Crippen LogP contribution in [0.2, 0.25) is 0 Å². The molecule has 142 valence electrons. The van der Waals surface area contributed by atoms with Gasteiger partial charge in [0, 0.05) is 24.4 Å². The van der Waals surface area contributed by atoms with Gasteiger partial charge >= 0.3 is 0 Å². The Morgan fingerprint density at radius 3 is 2.46 bits per heavy atom. The van der Waals surface area contributed by atoms with E-state index in [0.717, 1.165) is 50.8 Å². The van der Waals surface area contributed by atoms with E-state index in [-0.39, 0.29) is 17.9 Å². The second-order valence-corrected chi connectivity index (χ2v) is 8.61. The molecule has 0 spiro atoms. The van der Waals surface area contributed by atoms with Gasteiger partial charge in [0.2, 0.25) is 5.91 Å². The maximum Gasteiger partial charge on any atom is 0.226 e. The minimum absolute atomic E-state index is 0.169. The summed E-state index contributed by atoms with van der Waals surface area (Å²) >= 11 is 0. The third-order valence-electron chi connectivity index (χ3n) is 7.10. The summed E-state index contributed by atoms with van der Waals surface area (Å²) in [5.74, 6) is 0.699. The number of benzene rings is 1. The Kier molecular flexibility index (Phi) is 5.07. The van der Waals surface area contributed by atoms with Crippen molar-refractivity contribution in [3.05, 3.63) is 35.9 Å². The molecular weight excluding hydrogens is 324 g/mol. The molecule has 1 aromatic rings. The normalized spacial score (nSPS) is 33.7. The van der Waals surface area contributed by atoms with Crippen molar-refractivity contribution in [1.29, 1.82) is 0 Å². The van der Waals surface area contributed by atoms with Crippen LogP contribution in [0.5, 0.6) is 0 Å². The Hall–Kier alpha value is -1.39. The molecule has 3 fully saturated rings. The zero-order chi connectivity index (χ0) is 18.1. The minimum atomic E-state index is -0.782. The predicted molar refractivity (Wildman–Crippen MR) is 103 cm³/mol. The van der Waals surface area contributed by atoms with E-state index in [0.29, 0.717) is 18.9 Å². The van der Waals surface area contributed by atoms with E-state index in [9.17, 15) is 9.90 Å². The first-order valence-corrected chi connectivity index (χ1v) is 10.4. The standard InChI is InChI=1S/C22H32N2O2/c1-23-14-11-17(12-15-23)21(25)24-16-13-22(26,18-7-3-2-4-8-18)19-9-5-6-10-20(19)24/h2-4,7-8,17,19-20,26H,5-6,9-16H2,1H3/t19-,20+,22?/m0/s1. The van der Waals surface area contributed by atoms with E-state index >= 15 is 0 Å². The Labute approximate surface area is 157 Å². The highest BCUT2D eigenvalue weighted by molar-refractivity contribution is 5.79. The van der Waals surface area contributed by atoms with Gasteiger partial charge in [-0.05, 0) is 57.8 Å². The zero-order valence-corrected chi connectivity index (χ0v) is 15.9. The second kappa shape index (κ2) is 7.32. The molecule has 1 aliphatic carbocycles. The topological polar surface area (TPSA) is 43.8 Å². The van der Waals surface area contributed by atoms with Crippen LogP contribution in [0.15, 0.2) is 30.3 Å². The zero-order valence-electron chi connectivity index (χ0n) is 15.9. The van der Waals surface area contributed by atoms with Crippen molar-refractivity contribution >= 4 is 5.91 Å². The summed E-state index contributed by atoms with van der Waals surface area (Å²) in [4.78, 5) is 17.8. The molecular formula is C22H32N2O2. The maximum absolute atomic E-state index is 13.3. The number of carbonyl (C=O) groups excluding carboxylic acids is 1. The first-order chi connectivity index (χ1) is 12.6. The van der Waals surface area contributed by atoms with Gasteiger partial charge in [-0.3, -0.25) is 4.79 Å². The van der Waals surface area contributed by atoms with E-state index in [1.54, 1.807) is 0 Å². The molecule has 3 aliphatic rings. The molecule has 1 unspecified atom stereocenters. The number of rotatable bonds is 2. The van der Waals surface area contributed by atoms with Gasteiger partial charge in [0.15, 0.2) is 0 Å². The van der Waals surface area contributed by atoms with Crippen LogP contribution in [0.1, 0.15) is 50.5 Å². The van der Waals surface area contributed by atoms with Crippen molar-refractivity contribution < 1.29 is 9.90 Å². The summed E-state index contributed by atoms with van der Waals surface area (Å²) < 4.78 is 0. The molecule has 4 heteroatoms. The summed E-state index contributed by atoms with van der Waals surface area (Å²) in [7, 11) is 2.14. The van der Waals surface area contributed by atoms with Gasteiger partial charge in [-0.2, -0.15) is 0 Å². The Balaban J connectivity index is 1.56. The van der Waals surface area contributed by atoms with Crippen LogP contribution in [0.4, 0.5) is 0 Å². The first-order valence-electron chi connectivity index (χ1n) is 10.4. The monoisotopic (exact) mass is 356 g/mol. The number of amides is 1. The highest BCUT2D eigenvalue weighted by Gasteiger charge is 2.50. The van der Waals surface area contributed by atoms with E-state index in [1.165, 1.54) is 6.42 Å². The molecule has 1 aromatic carbocycles. The number of fused-ring (bicyclic) bond motifs is 1. The number of likely N-dealkylation sites (tertiary alicyclic amines) is 2. The number of nitrogens with zero attached hydrogens (tertiary/aromatic N) is 2. The molecule has 3 atom stereocenters. The lowest BCUT2D eigenvalue weighted by Gasteiger charge is -2.53. The Bertz CT molecular complexity index is 626. The molecule has 0 bridgehead atoms. The average Bonchev–Trinajstić information content (AvgIpc) is 2.69. The van der Waals surface area contributed by atoms with Crippen LogP contribution >= 0.6 is 0 Å². The highest BCUT2D eigenvalue weighted by atomic mass is 16.3. The third kappa shape index (κ3) is 3.18. The van der Waals surface area contributed by atoms with Crippen molar-refractivity contribution in [2.24, 2.45) is 11.8 Å². The molecule has 2 heterocycles. The van der Waals surface area contributed by atoms with Crippen LogP contribution < -0.4 is 0 Å². The smallest absolute Gasteiger partial charge is 0.226 e. The maximum atomic E-state index is 13.3. The van der Waals surface area contributed by atoms with Gasteiger partial charge in [0.05, 0.1) is 5.60 Å². The SMILES string of the molecule is CN1CCC(C(=O)N2CCC(O)(c3ccccc3)[C@H]3CCCC[C@H]32)CC1. The molecule has 1 saturated carbocycles. The quantitative estimate of drug-likeness (QED) is 0.886. The molecule has 2 aliphatic heterocycles. The molecule has 0 aromatic heterocycles. The van der Waals surface area contributed by atoms with Crippen molar-refractivity contribution in [3.8, 4) is 0 Å². The lowest BCUT2D eigenvalue weighted by atomic mass is 9.66. The van der Waals surface area contributed by atoms with E-state index in [4.69, 9.17) is 0 Å². The van der Waals surface area contributed by atoms with Crippen LogP contribution in [0, 0.1) is 11.8 Å². The van der Waals surface area contributed by atoms with Gasteiger partial charge in [-0.15, -0.1) is 0 Å². The first kappa shape index (κ1) is 18.0. The third-order valence-corrected chi connectivity index (χ3v) is 7.10. The Morgan fingerprint density at radius 2 is 1.73 bits per heavy atom. The molecule has 4 nitrogen and oxygen atoms in total. The van der Waals surface area contributed by atoms with E-state index < -0.39 is 5.60 Å². The van der Waals surface area contributed by atoms with Gasteiger partial charge in [0.25, 0.3) is 0 Å². The number of hydrogen-bond donors (Lipinski definition) is 1. The molecule has 1 N–H and O–H groups in total. The van der Waals surface area contributed by atoms with Gasteiger partial charge in [0.1, 0.15) is 0 Å². The number of hydrogen-bond acceptors (Lipinski definition) is 3. The van der Waals surface area contributed by atoms with Crippen molar-refractivity contribution in [1.82, 2.24) is 9.80 Å². The molecule has 4 rings (SSSR count). The number of aliphatic hydroxyl groups is 1. The van der Waals surface area contributed by atoms with Crippen LogP contribution in [-0.4, -0.2) is 53.5 Å². The minimum Gasteiger partial charge on any atom is -0.385 e. The lowest BCUT2D eigenvalue weighted by Crippen LogP contribution is -2.60. The van der Waals surface area contributed by atoms with E-state index in [2.05, 4.69) is 29.0 Å². The fourth-order valence-corrected chi connectivity index (χ4v) is 5.53. The highest BCUT2D eigenvalue weighted by Crippen LogP contribution is 2.47. The fraction of sp³-hybridized carbons (Fsp3) is 0.682. The molecule has 0 radical (unpaired) electrons. The largest absolute Gasteiger partial charge is 0.385 e. The van der Waals surface area contributed by atoms with Crippen LogP contribution in [-0.2, 0) is 10.4 Å². The fourth-order valence-electron chi connectivity index (χ4n) is 5.53. The lowest BCUT2D eigenvalue weighted by molar-refractivity contribution is -0.159. The van der Waals surface area contributed by atoms with Gasteiger partial charge < -0.3 is 14.9 Å². The van der Waals surface area contributed by atoms with Crippen molar-refractivity contribution in [3.63, 3.8) is 0 Å². The predicted octanol–water partition coefficient (Wildman–Crippen LogP) is 3.01. The molecule has 2 saturated heterocycles. The average molecular weight is 357 g/mol. The van der Waals surface area contributed by atoms with E-state index in [1.807, 2.05) is 18.2 Å². The van der Waals surface area contributed by atoms with Crippen LogP contribution in [0.25, 0.3) is 0 Å². The number of piperidine rings is 2. The Morgan fingerprint density at radius 1 is 1.04 bits per heavy atom. The summed E-state index contributed by atoms with van der Waals surface area (Å²) in [6.45, 7) is 2.73. The molecule has 26 heavy (non-hydrogen) atoms. The summed E-state index contributed by atoms with van der Waals surface area (Å²) in [5, 5.41) is 11.6. The van der Waals surface area contributed by atoms with Crippen molar-refractivity contribution in [2.45, 2.75) is 56.6 Å². The van der Waals surface area contributed by atoms with Crippen molar-refractivity contribution in [2.75, 3.05) is 26.7 Å². The summed E-state index contributed by atoms with van der Waals surface area (Å²) in [6.07, 6.45) is 7.01. The summed E-state index contributed by atoms with van der Waals surface area (Å²) in [5.41, 5.74) is 0.249. The van der Waals surface area contributed by atoms with Gasteiger partial charge in [-0.25, -0.2) is 0 Å².